The molecule has 1 unspecified atom stereocenters. The van der Waals surface area contributed by atoms with Crippen LogP contribution in [0.25, 0.3) is 0 Å². The average Bonchev–Trinajstić information content (AvgIpc) is 3.03. The lowest BCUT2D eigenvalue weighted by atomic mass is 10.2. The van der Waals surface area contributed by atoms with Crippen molar-refractivity contribution in [1.82, 2.24) is 35.5 Å². The van der Waals surface area contributed by atoms with Crippen LogP contribution < -0.4 is 25.8 Å². The number of benzene rings is 2. The molecule has 0 saturated heterocycles. The largest absolute Gasteiger partial charge is 0.353 e. The molecule has 4 aromatic rings. The fourth-order valence-electron chi connectivity index (χ4n) is 4.64. The quantitative estimate of drug-likeness (QED) is 0.131. The van der Waals surface area contributed by atoms with Gasteiger partial charge in [0.15, 0.2) is 11.6 Å². The summed E-state index contributed by atoms with van der Waals surface area (Å²) in [7, 11) is 2.24. The molecular formula is C29H26Cl2F4N10O3S. The van der Waals surface area contributed by atoms with Crippen molar-refractivity contribution in [3.8, 4) is 0 Å². The smallest absolute Gasteiger partial charge is 0.328 e. The zero-order valence-electron chi connectivity index (χ0n) is 25.8. The third-order valence-corrected chi connectivity index (χ3v) is 8.26. The van der Waals surface area contributed by atoms with Gasteiger partial charge in [-0.2, -0.15) is 4.98 Å². The normalized spacial score (nSPS) is 14.3. The topological polar surface area (TPSA) is 149 Å². The standard InChI is InChI=1S/C16H17ClF2N6O.C13H9ClF2N4O2S/c1-24(2)7-6-20-15-22-13(17)9-8-21-16(26)25(14(9)23-15)12-10(18)4-3-5-11(12)19;1-23(22)12-18-10(14)6-5-17-13(21)20(11(6)19-12)9-7(15)3-2-4-8(9)16/h3-5H,6-8H2,1-2H3,(H,21,26)(H,20,22,23);2-4H,5H2,1H3,(H,17,21). The van der Waals surface area contributed by atoms with Crippen LogP contribution in [-0.2, 0) is 23.9 Å². The van der Waals surface area contributed by atoms with Crippen molar-refractivity contribution in [2.24, 2.45) is 0 Å². The maximum Gasteiger partial charge on any atom is 0.328 e. The van der Waals surface area contributed by atoms with Crippen molar-refractivity contribution in [2.45, 2.75) is 18.2 Å². The van der Waals surface area contributed by atoms with Crippen molar-refractivity contribution in [3.05, 3.63) is 81.1 Å². The highest BCUT2D eigenvalue weighted by Gasteiger charge is 2.35. The fraction of sp³-hybridized carbons (Fsp3) is 0.241. The Morgan fingerprint density at radius 2 is 1.24 bits per heavy atom. The summed E-state index contributed by atoms with van der Waals surface area (Å²) in [6.07, 6.45) is 1.33. The fourth-order valence-corrected chi connectivity index (χ4v) is 5.59. The van der Waals surface area contributed by atoms with Crippen molar-refractivity contribution >= 4 is 75.0 Å². The van der Waals surface area contributed by atoms with Gasteiger partial charge < -0.3 is 20.9 Å². The third kappa shape index (κ3) is 7.51. The minimum absolute atomic E-state index is 0.00377. The van der Waals surface area contributed by atoms with Crippen molar-refractivity contribution in [3.63, 3.8) is 0 Å². The Kier molecular flexibility index (Phi) is 10.8. The van der Waals surface area contributed by atoms with Gasteiger partial charge in [0.05, 0.1) is 35.0 Å². The number of carbonyl (C=O) groups is 2. The van der Waals surface area contributed by atoms with Crippen molar-refractivity contribution in [2.75, 3.05) is 48.6 Å². The molecule has 4 amide bonds. The molecule has 2 aromatic heterocycles. The molecule has 0 aliphatic carbocycles. The first-order valence-electron chi connectivity index (χ1n) is 14.2. The zero-order valence-corrected chi connectivity index (χ0v) is 28.2. The number of urea groups is 2. The van der Waals surface area contributed by atoms with E-state index in [2.05, 4.69) is 35.9 Å². The van der Waals surface area contributed by atoms with Gasteiger partial charge in [0, 0.05) is 19.3 Å². The number of halogens is 6. The van der Waals surface area contributed by atoms with E-state index in [1.165, 1.54) is 18.4 Å². The highest BCUT2D eigenvalue weighted by molar-refractivity contribution is 7.84. The van der Waals surface area contributed by atoms with Gasteiger partial charge in [-0.15, -0.1) is 0 Å². The molecule has 0 radical (unpaired) electrons. The Labute approximate surface area is 289 Å². The first kappa shape index (κ1) is 35.7. The molecule has 13 nitrogen and oxygen atoms in total. The van der Waals surface area contributed by atoms with E-state index < -0.39 is 57.5 Å². The number of fused-ring (bicyclic) bond motifs is 2. The Balaban J connectivity index is 0.000000192. The first-order chi connectivity index (χ1) is 23.3. The van der Waals surface area contributed by atoms with Crippen LogP contribution in [0, 0.1) is 23.3 Å². The first-order valence-corrected chi connectivity index (χ1v) is 16.5. The van der Waals surface area contributed by atoms with E-state index in [1.54, 1.807) is 0 Å². The van der Waals surface area contributed by atoms with Gasteiger partial charge in [0.2, 0.25) is 11.1 Å². The summed E-state index contributed by atoms with van der Waals surface area (Å²) in [5, 5.41) is 7.88. The second kappa shape index (κ2) is 14.9. The minimum Gasteiger partial charge on any atom is -0.353 e. The lowest BCUT2D eigenvalue weighted by Crippen LogP contribution is -2.43. The molecule has 2 aromatic carbocycles. The maximum atomic E-state index is 14.2. The molecule has 4 heterocycles. The van der Waals surface area contributed by atoms with Crippen molar-refractivity contribution < 1.29 is 31.4 Å². The average molecular weight is 742 g/mol. The van der Waals surface area contributed by atoms with Crippen LogP contribution in [0.2, 0.25) is 10.3 Å². The van der Waals surface area contributed by atoms with Gasteiger partial charge >= 0.3 is 12.1 Å². The monoisotopic (exact) mass is 740 g/mol. The number of carbonyl (C=O) groups excluding carboxylic acids is 2. The number of amides is 4. The van der Waals surface area contributed by atoms with Crippen LogP contribution in [0.15, 0.2) is 41.6 Å². The van der Waals surface area contributed by atoms with Crippen LogP contribution in [-0.4, -0.2) is 74.5 Å². The zero-order chi connectivity index (χ0) is 35.6. The summed E-state index contributed by atoms with van der Waals surface area (Å²) in [6, 6.07) is 5.09. The van der Waals surface area contributed by atoms with E-state index >= 15 is 0 Å². The number of aromatic nitrogens is 4. The number of anilines is 5. The van der Waals surface area contributed by atoms with Gasteiger partial charge in [-0.25, -0.2) is 51.9 Å². The summed E-state index contributed by atoms with van der Waals surface area (Å²) < 4.78 is 68.2. The van der Waals surface area contributed by atoms with E-state index in [-0.39, 0.29) is 51.7 Å². The number of likely N-dealkylation sites (N-methyl/N-ethyl adjacent to an activating group) is 1. The molecule has 2 aliphatic rings. The molecule has 20 heteroatoms. The van der Waals surface area contributed by atoms with Crippen LogP contribution >= 0.6 is 23.2 Å². The molecule has 0 fully saturated rings. The second-order valence-electron chi connectivity index (χ2n) is 10.6. The molecule has 0 spiro atoms. The highest BCUT2D eigenvalue weighted by Crippen LogP contribution is 2.38. The third-order valence-electron chi connectivity index (χ3n) is 6.93. The van der Waals surface area contributed by atoms with Gasteiger partial charge in [-0.1, -0.05) is 35.3 Å². The van der Waals surface area contributed by atoms with Crippen LogP contribution in [0.3, 0.4) is 0 Å². The molecule has 6 rings (SSSR count). The maximum absolute atomic E-state index is 14.2. The van der Waals surface area contributed by atoms with E-state index in [9.17, 15) is 31.4 Å². The van der Waals surface area contributed by atoms with E-state index in [1.807, 2.05) is 19.0 Å². The minimum atomic E-state index is -1.58. The molecular weight excluding hydrogens is 715 g/mol. The Morgan fingerprint density at radius 1 is 0.796 bits per heavy atom. The number of para-hydroxylation sites is 2. The number of hydrogen-bond acceptors (Lipinski definition) is 9. The Hall–Kier alpha value is -4.65. The summed E-state index contributed by atoms with van der Waals surface area (Å²) >= 11 is 12.2. The summed E-state index contributed by atoms with van der Waals surface area (Å²) in [6.45, 7) is 1.31. The molecule has 49 heavy (non-hydrogen) atoms. The summed E-state index contributed by atoms with van der Waals surface area (Å²) in [5.41, 5.74) is -0.441. The molecule has 2 aliphatic heterocycles. The van der Waals surface area contributed by atoms with Gasteiger partial charge in [0.1, 0.15) is 44.9 Å². The lowest BCUT2D eigenvalue weighted by Gasteiger charge is -2.29. The van der Waals surface area contributed by atoms with E-state index in [0.717, 1.165) is 34.1 Å². The van der Waals surface area contributed by atoms with E-state index in [0.29, 0.717) is 18.7 Å². The summed E-state index contributed by atoms with van der Waals surface area (Å²) in [4.78, 5) is 44.3. The lowest BCUT2D eigenvalue weighted by molar-refractivity contribution is 0.245. The van der Waals surface area contributed by atoms with Gasteiger partial charge in [-0.3, -0.25) is 4.21 Å². The molecule has 0 saturated carbocycles. The Bertz CT molecular complexity index is 1940. The highest BCUT2D eigenvalue weighted by atomic mass is 35.5. The number of rotatable bonds is 7. The SMILES string of the molecule is CN(C)CCNc1nc(Cl)c2c(n1)N(c1c(F)cccc1F)C(=O)NC2.CS(=O)c1nc(Cl)c2c(n1)N(c1c(F)cccc1F)C(=O)NC2. The van der Waals surface area contributed by atoms with Gasteiger partial charge in [-0.05, 0) is 38.4 Å². The Morgan fingerprint density at radius 3 is 1.69 bits per heavy atom. The van der Waals surface area contributed by atoms with Crippen LogP contribution in [0.5, 0.6) is 0 Å². The molecule has 258 valence electrons. The number of nitrogens with zero attached hydrogens (tertiary/aromatic N) is 7. The molecule has 0 bridgehead atoms. The van der Waals surface area contributed by atoms with E-state index in [4.69, 9.17) is 23.2 Å². The predicted octanol–water partition coefficient (Wildman–Crippen LogP) is 5.25. The van der Waals surface area contributed by atoms with Crippen molar-refractivity contribution in [1.29, 1.82) is 0 Å². The van der Waals surface area contributed by atoms with Crippen LogP contribution in [0.4, 0.5) is 56.1 Å². The second-order valence-corrected chi connectivity index (χ2v) is 12.5. The molecule has 1 atom stereocenters. The predicted molar refractivity (Wildman–Crippen MR) is 175 cm³/mol. The van der Waals surface area contributed by atoms with Gasteiger partial charge in [0.25, 0.3) is 0 Å². The summed E-state index contributed by atoms with van der Waals surface area (Å²) in [5.74, 6) is -3.53. The number of hydrogen-bond donors (Lipinski definition) is 3. The number of nitrogens with one attached hydrogen (secondary N) is 3. The molecule has 3 N–H and O–H groups in total. The van der Waals surface area contributed by atoms with Crippen LogP contribution in [0.1, 0.15) is 11.1 Å².